The van der Waals surface area contributed by atoms with Crippen LogP contribution in [-0.4, -0.2) is 31.9 Å². The van der Waals surface area contributed by atoms with Crippen molar-refractivity contribution in [1.82, 2.24) is 10.3 Å². The topological polar surface area (TPSA) is 43.4 Å². The minimum absolute atomic E-state index is 0.660. The number of nitrogens with one attached hydrogen (secondary N) is 1. The maximum Gasteiger partial charge on any atom is 0.119 e. The Bertz CT molecular complexity index is 543. The van der Waals surface area contributed by atoms with Crippen molar-refractivity contribution in [3.05, 3.63) is 45.9 Å². The molecule has 0 spiro atoms. The van der Waals surface area contributed by atoms with Gasteiger partial charge in [0.1, 0.15) is 5.75 Å². The summed E-state index contributed by atoms with van der Waals surface area (Å²) in [5, 5.41) is 4.44. The van der Waals surface area contributed by atoms with Gasteiger partial charge in [0.15, 0.2) is 0 Å². The number of hydrogen-bond acceptors (Lipinski definition) is 5. The third kappa shape index (κ3) is 5.83. The van der Waals surface area contributed by atoms with Crippen LogP contribution in [0, 0.1) is 6.92 Å². The van der Waals surface area contributed by atoms with Crippen molar-refractivity contribution in [1.29, 1.82) is 0 Å². The van der Waals surface area contributed by atoms with Crippen molar-refractivity contribution in [2.24, 2.45) is 0 Å². The van der Waals surface area contributed by atoms with Gasteiger partial charge in [0.05, 0.1) is 18.2 Å². The Balaban J connectivity index is 1.70. The van der Waals surface area contributed by atoms with Crippen molar-refractivity contribution >= 4 is 11.3 Å². The first kappa shape index (κ1) is 15.9. The third-order valence-electron chi connectivity index (χ3n) is 2.96. The summed E-state index contributed by atoms with van der Waals surface area (Å²) in [6.07, 6.45) is 2.78. The second-order valence-corrected chi connectivity index (χ2v) is 6.00. The van der Waals surface area contributed by atoms with Gasteiger partial charge in [0.25, 0.3) is 0 Å². The molecule has 0 unspecified atom stereocenters. The summed E-state index contributed by atoms with van der Waals surface area (Å²) in [6.45, 7) is 5.17. The highest BCUT2D eigenvalue weighted by Crippen LogP contribution is 2.15. The second-order valence-electron chi connectivity index (χ2n) is 4.80. The van der Waals surface area contributed by atoms with Gasteiger partial charge in [-0.3, -0.25) is 0 Å². The van der Waals surface area contributed by atoms with Crippen molar-refractivity contribution in [2.45, 2.75) is 19.9 Å². The van der Waals surface area contributed by atoms with Gasteiger partial charge in [-0.05, 0) is 24.6 Å². The van der Waals surface area contributed by atoms with E-state index in [2.05, 4.69) is 23.3 Å². The first-order valence-electron chi connectivity index (χ1n) is 7.10. The molecule has 1 heterocycles. The van der Waals surface area contributed by atoms with E-state index >= 15 is 0 Å². The molecule has 0 atom stereocenters. The number of ether oxygens (including phenoxy) is 2. The molecule has 21 heavy (non-hydrogen) atoms. The highest BCUT2D eigenvalue weighted by molar-refractivity contribution is 7.11. The van der Waals surface area contributed by atoms with E-state index in [1.807, 2.05) is 24.4 Å². The van der Waals surface area contributed by atoms with Gasteiger partial charge in [-0.1, -0.05) is 12.1 Å². The number of hydrogen-bond donors (Lipinski definition) is 1. The molecule has 0 saturated carbocycles. The van der Waals surface area contributed by atoms with E-state index in [0.29, 0.717) is 6.61 Å². The lowest BCUT2D eigenvalue weighted by Crippen LogP contribution is -2.17. The molecule has 1 N–H and O–H groups in total. The molecular formula is C16H22N2O2S. The average molecular weight is 306 g/mol. The van der Waals surface area contributed by atoms with Crippen LogP contribution in [-0.2, 0) is 17.7 Å². The molecule has 0 fully saturated rings. The zero-order valence-corrected chi connectivity index (χ0v) is 13.4. The van der Waals surface area contributed by atoms with Crippen molar-refractivity contribution < 1.29 is 9.47 Å². The highest BCUT2D eigenvalue weighted by Gasteiger charge is 2.02. The predicted octanol–water partition coefficient (Wildman–Crippen LogP) is 2.81. The molecule has 0 amide bonds. The predicted molar refractivity (Wildman–Crippen MR) is 86.1 cm³/mol. The quantitative estimate of drug-likeness (QED) is 0.724. The SMILES string of the molecule is COCCNCc1cnc(CCOc2cccc(C)c2)s1. The zero-order valence-electron chi connectivity index (χ0n) is 12.6. The van der Waals surface area contributed by atoms with Crippen LogP contribution >= 0.6 is 11.3 Å². The Morgan fingerprint density at radius 1 is 1.29 bits per heavy atom. The largest absolute Gasteiger partial charge is 0.493 e. The summed E-state index contributed by atoms with van der Waals surface area (Å²) in [4.78, 5) is 5.68. The number of rotatable bonds is 9. The molecular weight excluding hydrogens is 284 g/mol. The minimum Gasteiger partial charge on any atom is -0.493 e. The van der Waals surface area contributed by atoms with Crippen LogP contribution in [0.25, 0.3) is 0 Å². The minimum atomic E-state index is 0.660. The molecule has 1 aromatic carbocycles. The Morgan fingerprint density at radius 3 is 3.00 bits per heavy atom. The lowest BCUT2D eigenvalue weighted by atomic mass is 10.2. The van der Waals surface area contributed by atoms with Gasteiger partial charge < -0.3 is 14.8 Å². The standard InChI is InChI=1S/C16H22N2O2S/c1-13-4-3-5-14(10-13)20-8-6-16-18-12-15(21-16)11-17-7-9-19-2/h3-5,10,12,17H,6-9,11H2,1-2H3. The van der Waals surface area contributed by atoms with E-state index in [9.17, 15) is 0 Å². The lowest BCUT2D eigenvalue weighted by molar-refractivity contribution is 0.199. The summed E-state index contributed by atoms with van der Waals surface area (Å²) in [7, 11) is 1.71. The number of benzene rings is 1. The van der Waals surface area contributed by atoms with Crippen molar-refractivity contribution in [3.63, 3.8) is 0 Å². The molecule has 2 aromatic rings. The first-order valence-corrected chi connectivity index (χ1v) is 7.92. The number of aromatic nitrogens is 1. The van der Waals surface area contributed by atoms with Crippen LogP contribution in [0.1, 0.15) is 15.4 Å². The van der Waals surface area contributed by atoms with Crippen LogP contribution in [0.3, 0.4) is 0 Å². The number of thiazole rings is 1. The fourth-order valence-corrected chi connectivity index (χ4v) is 2.77. The summed E-state index contributed by atoms with van der Waals surface area (Å²) < 4.78 is 10.7. The van der Waals surface area contributed by atoms with Crippen LogP contribution in [0.2, 0.25) is 0 Å². The van der Waals surface area contributed by atoms with Crippen LogP contribution in [0.4, 0.5) is 0 Å². The molecule has 1 aromatic heterocycles. The van der Waals surface area contributed by atoms with E-state index < -0.39 is 0 Å². The number of nitrogens with zero attached hydrogens (tertiary/aromatic N) is 1. The Kier molecular flexibility index (Phi) is 6.66. The first-order chi connectivity index (χ1) is 10.3. The van der Waals surface area contributed by atoms with E-state index in [4.69, 9.17) is 9.47 Å². The maximum absolute atomic E-state index is 5.75. The fraction of sp³-hybridized carbons (Fsp3) is 0.438. The van der Waals surface area contributed by atoms with Gasteiger partial charge >= 0.3 is 0 Å². The monoisotopic (exact) mass is 306 g/mol. The van der Waals surface area contributed by atoms with Gasteiger partial charge in [0.2, 0.25) is 0 Å². The molecule has 0 aliphatic rings. The molecule has 0 aliphatic heterocycles. The molecule has 4 nitrogen and oxygen atoms in total. The highest BCUT2D eigenvalue weighted by atomic mass is 32.1. The Morgan fingerprint density at radius 2 is 2.19 bits per heavy atom. The summed E-state index contributed by atoms with van der Waals surface area (Å²) in [5.41, 5.74) is 1.21. The molecule has 0 radical (unpaired) electrons. The van der Waals surface area contributed by atoms with E-state index in [1.165, 1.54) is 10.4 Å². The smallest absolute Gasteiger partial charge is 0.119 e. The molecule has 114 valence electrons. The zero-order chi connectivity index (χ0) is 14.9. The van der Waals surface area contributed by atoms with Gasteiger partial charge in [-0.2, -0.15) is 0 Å². The van der Waals surface area contributed by atoms with Crippen LogP contribution in [0.5, 0.6) is 5.75 Å². The Hall–Kier alpha value is -1.43. The van der Waals surface area contributed by atoms with Gasteiger partial charge in [-0.15, -0.1) is 11.3 Å². The molecule has 0 aliphatic carbocycles. The molecule has 2 rings (SSSR count). The molecule has 0 bridgehead atoms. The normalized spacial score (nSPS) is 10.8. The number of methoxy groups -OCH3 is 1. The van der Waals surface area contributed by atoms with Crippen molar-refractivity contribution in [2.75, 3.05) is 26.9 Å². The van der Waals surface area contributed by atoms with E-state index in [-0.39, 0.29) is 0 Å². The fourth-order valence-electron chi connectivity index (χ4n) is 1.89. The Labute approximate surface area is 130 Å². The van der Waals surface area contributed by atoms with Gasteiger partial charge in [0, 0.05) is 37.7 Å². The molecule has 5 heteroatoms. The maximum atomic E-state index is 5.75. The second kappa shape index (κ2) is 8.77. The third-order valence-corrected chi connectivity index (χ3v) is 4.01. The van der Waals surface area contributed by atoms with E-state index in [0.717, 1.165) is 36.9 Å². The summed E-state index contributed by atoms with van der Waals surface area (Å²) in [5.74, 6) is 0.924. The van der Waals surface area contributed by atoms with Crippen molar-refractivity contribution in [3.8, 4) is 5.75 Å². The summed E-state index contributed by atoms with van der Waals surface area (Å²) in [6, 6.07) is 8.11. The van der Waals surface area contributed by atoms with Crippen LogP contribution in [0.15, 0.2) is 30.5 Å². The van der Waals surface area contributed by atoms with E-state index in [1.54, 1.807) is 18.4 Å². The lowest BCUT2D eigenvalue weighted by Gasteiger charge is -2.05. The molecule has 0 saturated heterocycles. The average Bonchev–Trinajstić information content (AvgIpc) is 2.92. The van der Waals surface area contributed by atoms with Crippen LogP contribution < -0.4 is 10.1 Å². The van der Waals surface area contributed by atoms with Gasteiger partial charge in [-0.25, -0.2) is 4.98 Å². The number of aryl methyl sites for hydroxylation is 1. The summed E-state index contributed by atoms with van der Waals surface area (Å²) >= 11 is 1.73.